The van der Waals surface area contributed by atoms with Crippen LogP contribution in [0.1, 0.15) is 56.8 Å². The smallest absolute Gasteiger partial charge is 0.126 e. The summed E-state index contributed by atoms with van der Waals surface area (Å²) in [7, 11) is 0. The Labute approximate surface area is 104 Å². The minimum absolute atomic E-state index is 0.230. The van der Waals surface area contributed by atoms with E-state index in [1.165, 1.54) is 6.07 Å². The Morgan fingerprint density at radius 2 is 2.00 bits per heavy atom. The van der Waals surface area contributed by atoms with Gasteiger partial charge in [-0.25, -0.2) is 4.39 Å². The minimum Gasteiger partial charge on any atom is -0.388 e. The van der Waals surface area contributed by atoms with Gasteiger partial charge >= 0.3 is 0 Å². The minimum atomic E-state index is -0.540. The van der Waals surface area contributed by atoms with E-state index in [0.29, 0.717) is 11.1 Å². The standard InChI is InChI=1S/C15H23FO/c1-4-6-7-12(5-2)15(17)13-9-8-11(3)14(16)10-13/h8-10,12,15,17H,4-7H2,1-3H3. The van der Waals surface area contributed by atoms with Gasteiger partial charge in [-0.2, -0.15) is 0 Å². The monoisotopic (exact) mass is 238 g/mol. The zero-order valence-electron chi connectivity index (χ0n) is 11.0. The highest BCUT2D eigenvalue weighted by molar-refractivity contribution is 5.25. The van der Waals surface area contributed by atoms with E-state index in [0.717, 1.165) is 25.7 Å². The lowest BCUT2D eigenvalue weighted by atomic mass is 9.89. The molecule has 0 fully saturated rings. The van der Waals surface area contributed by atoms with Crippen molar-refractivity contribution >= 4 is 0 Å². The van der Waals surface area contributed by atoms with Gasteiger partial charge in [0.2, 0.25) is 0 Å². The second-order valence-corrected chi connectivity index (χ2v) is 4.76. The van der Waals surface area contributed by atoms with Crippen LogP contribution in [0.4, 0.5) is 4.39 Å². The molecule has 2 heteroatoms. The summed E-state index contributed by atoms with van der Waals surface area (Å²) in [5, 5.41) is 10.3. The molecular formula is C15H23FO. The summed E-state index contributed by atoms with van der Waals surface area (Å²) in [5.41, 5.74) is 1.33. The fraction of sp³-hybridized carbons (Fsp3) is 0.600. The first-order chi connectivity index (χ1) is 8.10. The van der Waals surface area contributed by atoms with Crippen molar-refractivity contribution in [3.63, 3.8) is 0 Å². The molecular weight excluding hydrogens is 215 g/mol. The van der Waals surface area contributed by atoms with Gasteiger partial charge in [0.1, 0.15) is 5.82 Å². The maximum Gasteiger partial charge on any atom is 0.126 e. The molecule has 96 valence electrons. The van der Waals surface area contributed by atoms with E-state index in [-0.39, 0.29) is 11.7 Å². The fourth-order valence-electron chi connectivity index (χ4n) is 2.12. The zero-order valence-corrected chi connectivity index (χ0v) is 11.0. The summed E-state index contributed by atoms with van der Waals surface area (Å²) in [4.78, 5) is 0. The van der Waals surface area contributed by atoms with E-state index in [9.17, 15) is 9.50 Å². The molecule has 0 saturated heterocycles. The number of halogens is 1. The number of benzene rings is 1. The van der Waals surface area contributed by atoms with Crippen LogP contribution in [0.15, 0.2) is 18.2 Å². The van der Waals surface area contributed by atoms with E-state index in [1.807, 2.05) is 6.07 Å². The largest absolute Gasteiger partial charge is 0.388 e. The first-order valence-electron chi connectivity index (χ1n) is 6.54. The molecule has 0 amide bonds. The first-order valence-corrected chi connectivity index (χ1v) is 6.54. The molecule has 1 N–H and O–H groups in total. The Morgan fingerprint density at radius 3 is 2.53 bits per heavy atom. The molecule has 2 unspecified atom stereocenters. The van der Waals surface area contributed by atoms with Gasteiger partial charge in [-0.05, 0) is 36.5 Å². The Hall–Kier alpha value is -0.890. The SMILES string of the molecule is CCCCC(CC)C(O)c1ccc(C)c(F)c1. The van der Waals surface area contributed by atoms with Gasteiger partial charge in [0.05, 0.1) is 6.10 Å². The average Bonchev–Trinajstić information content (AvgIpc) is 2.33. The van der Waals surface area contributed by atoms with Gasteiger partial charge < -0.3 is 5.11 Å². The summed E-state index contributed by atoms with van der Waals surface area (Å²) >= 11 is 0. The molecule has 0 spiro atoms. The van der Waals surface area contributed by atoms with E-state index in [1.54, 1.807) is 13.0 Å². The topological polar surface area (TPSA) is 20.2 Å². The van der Waals surface area contributed by atoms with Crippen LogP contribution in [-0.2, 0) is 0 Å². The van der Waals surface area contributed by atoms with Gasteiger partial charge in [-0.1, -0.05) is 45.2 Å². The number of aryl methyl sites for hydroxylation is 1. The van der Waals surface area contributed by atoms with Crippen molar-refractivity contribution in [2.45, 2.75) is 52.6 Å². The van der Waals surface area contributed by atoms with Crippen LogP contribution in [-0.4, -0.2) is 5.11 Å². The van der Waals surface area contributed by atoms with Crippen molar-refractivity contribution < 1.29 is 9.50 Å². The van der Waals surface area contributed by atoms with Crippen LogP contribution >= 0.6 is 0 Å². The molecule has 1 aromatic rings. The third-order valence-electron chi connectivity index (χ3n) is 3.44. The fourth-order valence-corrected chi connectivity index (χ4v) is 2.12. The average molecular weight is 238 g/mol. The predicted molar refractivity (Wildman–Crippen MR) is 69.4 cm³/mol. The van der Waals surface area contributed by atoms with Crippen LogP contribution in [0.2, 0.25) is 0 Å². The third-order valence-corrected chi connectivity index (χ3v) is 3.44. The molecule has 1 nitrogen and oxygen atoms in total. The molecule has 1 aromatic carbocycles. The number of unbranched alkanes of at least 4 members (excludes halogenated alkanes) is 1. The van der Waals surface area contributed by atoms with Crippen molar-refractivity contribution in [2.24, 2.45) is 5.92 Å². The maximum absolute atomic E-state index is 13.4. The summed E-state index contributed by atoms with van der Waals surface area (Å²) < 4.78 is 13.4. The maximum atomic E-state index is 13.4. The quantitative estimate of drug-likeness (QED) is 0.779. The lowest BCUT2D eigenvalue weighted by Gasteiger charge is -2.22. The van der Waals surface area contributed by atoms with Gasteiger partial charge in [0, 0.05) is 0 Å². The number of rotatable bonds is 6. The molecule has 0 saturated carbocycles. The Kier molecular flexibility index (Phi) is 5.63. The molecule has 0 aromatic heterocycles. The van der Waals surface area contributed by atoms with Gasteiger partial charge in [0.25, 0.3) is 0 Å². The Morgan fingerprint density at radius 1 is 1.29 bits per heavy atom. The molecule has 1 rings (SSSR count). The lowest BCUT2D eigenvalue weighted by Crippen LogP contribution is -2.12. The van der Waals surface area contributed by atoms with Gasteiger partial charge in [0.15, 0.2) is 0 Å². The van der Waals surface area contributed by atoms with Crippen molar-refractivity contribution in [2.75, 3.05) is 0 Å². The first kappa shape index (κ1) is 14.2. The molecule has 0 radical (unpaired) electrons. The Balaban J connectivity index is 2.78. The lowest BCUT2D eigenvalue weighted by molar-refractivity contribution is 0.0986. The summed E-state index contributed by atoms with van der Waals surface area (Å²) in [6.07, 6.45) is 3.64. The zero-order chi connectivity index (χ0) is 12.8. The molecule has 0 aliphatic rings. The van der Waals surface area contributed by atoms with E-state index < -0.39 is 6.10 Å². The number of hydrogen-bond acceptors (Lipinski definition) is 1. The molecule has 0 bridgehead atoms. The van der Waals surface area contributed by atoms with E-state index in [4.69, 9.17) is 0 Å². The van der Waals surface area contributed by atoms with E-state index in [2.05, 4.69) is 13.8 Å². The van der Waals surface area contributed by atoms with Crippen LogP contribution in [0, 0.1) is 18.7 Å². The highest BCUT2D eigenvalue weighted by atomic mass is 19.1. The molecule has 0 heterocycles. The van der Waals surface area contributed by atoms with Crippen LogP contribution in [0.5, 0.6) is 0 Å². The van der Waals surface area contributed by atoms with Crippen LogP contribution in [0.3, 0.4) is 0 Å². The Bertz CT molecular complexity index is 349. The second-order valence-electron chi connectivity index (χ2n) is 4.76. The van der Waals surface area contributed by atoms with Crippen LogP contribution < -0.4 is 0 Å². The van der Waals surface area contributed by atoms with Crippen molar-refractivity contribution in [1.29, 1.82) is 0 Å². The summed E-state index contributed by atoms with van der Waals surface area (Å²) in [6.45, 7) is 5.96. The molecule has 0 aliphatic carbocycles. The molecule has 17 heavy (non-hydrogen) atoms. The predicted octanol–water partition coefficient (Wildman–Crippen LogP) is 4.38. The van der Waals surface area contributed by atoms with Crippen molar-refractivity contribution in [3.8, 4) is 0 Å². The number of hydrogen-bond donors (Lipinski definition) is 1. The second kappa shape index (κ2) is 6.75. The molecule has 2 atom stereocenters. The highest BCUT2D eigenvalue weighted by Crippen LogP contribution is 2.29. The third kappa shape index (κ3) is 3.81. The van der Waals surface area contributed by atoms with Crippen LogP contribution in [0.25, 0.3) is 0 Å². The van der Waals surface area contributed by atoms with Gasteiger partial charge in [-0.15, -0.1) is 0 Å². The highest BCUT2D eigenvalue weighted by Gasteiger charge is 2.19. The normalized spacial score (nSPS) is 14.6. The summed E-state index contributed by atoms with van der Waals surface area (Å²) in [6, 6.07) is 5.03. The van der Waals surface area contributed by atoms with Gasteiger partial charge in [-0.3, -0.25) is 0 Å². The number of aliphatic hydroxyl groups excluding tert-OH is 1. The van der Waals surface area contributed by atoms with E-state index >= 15 is 0 Å². The number of aliphatic hydroxyl groups is 1. The van der Waals surface area contributed by atoms with Crippen molar-refractivity contribution in [1.82, 2.24) is 0 Å². The molecule has 0 aliphatic heterocycles. The summed E-state index contributed by atoms with van der Waals surface area (Å²) in [5.74, 6) is 0.00366. The van der Waals surface area contributed by atoms with Crippen molar-refractivity contribution in [3.05, 3.63) is 35.1 Å².